The number of hydrogen-bond donors (Lipinski definition) is 0. The van der Waals surface area contributed by atoms with E-state index in [1.807, 2.05) is 31.1 Å². The average molecular weight is 390 g/mol. The molecular formula is C20H23FN2O3S. The Balaban J connectivity index is 1.66. The van der Waals surface area contributed by atoms with Gasteiger partial charge in [-0.05, 0) is 61.4 Å². The largest absolute Gasteiger partial charge is 0.378 e. The van der Waals surface area contributed by atoms with Gasteiger partial charge in [-0.15, -0.1) is 0 Å². The van der Waals surface area contributed by atoms with Crippen molar-refractivity contribution in [2.24, 2.45) is 0 Å². The van der Waals surface area contributed by atoms with Crippen molar-refractivity contribution < 1.29 is 17.6 Å². The molecule has 0 atom stereocenters. The summed E-state index contributed by atoms with van der Waals surface area (Å²) in [4.78, 5) is 16.5. The highest BCUT2D eigenvalue weighted by molar-refractivity contribution is 7.92. The Bertz CT molecular complexity index is 901. The standard InChI is InChI=1S/C20H23FN2O3S/c1-22(2)17-7-3-15(4-8-17)20(24)23-13-11-19(12-14-23)27(25,26)18-9-5-16(21)6-10-18/h3-10,19H,11-14H2,1-2H3. The molecule has 144 valence electrons. The van der Waals surface area contributed by atoms with Crippen LogP contribution >= 0.6 is 0 Å². The fourth-order valence-corrected chi connectivity index (χ4v) is 5.00. The lowest BCUT2D eigenvalue weighted by Crippen LogP contribution is -2.42. The van der Waals surface area contributed by atoms with Crippen molar-refractivity contribution >= 4 is 21.4 Å². The predicted octanol–water partition coefficient (Wildman–Crippen LogP) is 2.97. The molecular weight excluding hydrogens is 367 g/mol. The maximum absolute atomic E-state index is 13.0. The van der Waals surface area contributed by atoms with Crippen molar-refractivity contribution in [3.8, 4) is 0 Å². The first-order chi connectivity index (χ1) is 12.8. The molecule has 0 bridgehead atoms. The number of nitrogens with zero attached hydrogens (tertiary/aromatic N) is 2. The van der Waals surface area contributed by atoms with Gasteiger partial charge < -0.3 is 9.80 Å². The van der Waals surface area contributed by atoms with E-state index < -0.39 is 20.9 Å². The lowest BCUT2D eigenvalue weighted by atomic mass is 10.1. The van der Waals surface area contributed by atoms with Crippen LogP contribution in [-0.4, -0.2) is 51.7 Å². The van der Waals surface area contributed by atoms with Crippen LogP contribution in [0.2, 0.25) is 0 Å². The fraction of sp³-hybridized carbons (Fsp3) is 0.350. The van der Waals surface area contributed by atoms with Crippen LogP contribution in [0.15, 0.2) is 53.4 Å². The zero-order valence-corrected chi connectivity index (χ0v) is 16.2. The Hall–Kier alpha value is -2.41. The summed E-state index contributed by atoms with van der Waals surface area (Å²) in [6.45, 7) is 0.777. The van der Waals surface area contributed by atoms with Crippen molar-refractivity contribution in [1.29, 1.82) is 0 Å². The van der Waals surface area contributed by atoms with Crippen LogP contribution < -0.4 is 4.90 Å². The summed E-state index contributed by atoms with van der Waals surface area (Å²) in [7, 11) is 0.350. The zero-order valence-electron chi connectivity index (χ0n) is 15.4. The summed E-state index contributed by atoms with van der Waals surface area (Å²) in [6, 6.07) is 12.3. The number of benzene rings is 2. The summed E-state index contributed by atoms with van der Waals surface area (Å²) in [6.07, 6.45) is 0.752. The molecule has 1 heterocycles. The van der Waals surface area contributed by atoms with E-state index in [9.17, 15) is 17.6 Å². The summed E-state index contributed by atoms with van der Waals surface area (Å²) in [5, 5.41) is -0.553. The van der Waals surface area contributed by atoms with Crippen LogP contribution in [0.3, 0.4) is 0 Å². The van der Waals surface area contributed by atoms with Gasteiger partial charge in [0, 0.05) is 38.4 Å². The SMILES string of the molecule is CN(C)c1ccc(C(=O)N2CCC(S(=O)(=O)c3ccc(F)cc3)CC2)cc1. The molecule has 2 aromatic carbocycles. The molecule has 0 saturated carbocycles. The van der Waals surface area contributed by atoms with E-state index >= 15 is 0 Å². The number of sulfone groups is 1. The van der Waals surface area contributed by atoms with Gasteiger partial charge in [0.15, 0.2) is 9.84 Å². The molecule has 27 heavy (non-hydrogen) atoms. The third kappa shape index (κ3) is 4.13. The molecule has 0 N–H and O–H groups in total. The molecule has 1 aliphatic heterocycles. The average Bonchev–Trinajstić information content (AvgIpc) is 2.68. The van der Waals surface area contributed by atoms with Crippen molar-refractivity contribution in [2.75, 3.05) is 32.1 Å². The number of halogens is 1. The minimum Gasteiger partial charge on any atom is -0.378 e. The molecule has 1 aliphatic rings. The van der Waals surface area contributed by atoms with Crippen LogP contribution in [0.4, 0.5) is 10.1 Å². The van der Waals surface area contributed by atoms with E-state index in [0.717, 1.165) is 17.8 Å². The topological polar surface area (TPSA) is 57.7 Å². The van der Waals surface area contributed by atoms with Crippen molar-refractivity contribution in [2.45, 2.75) is 23.0 Å². The Morgan fingerprint density at radius 1 is 1.00 bits per heavy atom. The van der Waals surface area contributed by atoms with Gasteiger partial charge in [-0.2, -0.15) is 0 Å². The van der Waals surface area contributed by atoms with E-state index in [-0.39, 0.29) is 10.8 Å². The van der Waals surface area contributed by atoms with Gasteiger partial charge in [0.05, 0.1) is 10.1 Å². The highest BCUT2D eigenvalue weighted by Crippen LogP contribution is 2.26. The number of carbonyl (C=O) groups is 1. The number of piperidine rings is 1. The van der Waals surface area contributed by atoms with Crippen molar-refractivity contribution in [3.05, 3.63) is 59.9 Å². The van der Waals surface area contributed by atoms with E-state index in [0.29, 0.717) is 31.5 Å². The highest BCUT2D eigenvalue weighted by Gasteiger charge is 2.33. The minimum atomic E-state index is -3.52. The second kappa shape index (κ2) is 7.68. The molecule has 0 aliphatic carbocycles. The van der Waals surface area contributed by atoms with Gasteiger partial charge >= 0.3 is 0 Å². The van der Waals surface area contributed by atoms with Crippen LogP contribution in [0.5, 0.6) is 0 Å². The van der Waals surface area contributed by atoms with Gasteiger partial charge in [0.2, 0.25) is 0 Å². The monoisotopic (exact) mass is 390 g/mol. The van der Waals surface area contributed by atoms with Crippen molar-refractivity contribution in [1.82, 2.24) is 4.90 Å². The highest BCUT2D eigenvalue weighted by atomic mass is 32.2. The molecule has 7 heteroatoms. The third-order valence-electron chi connectivity index (χ3n) is 4.94. The number of likely N-dealkylation sites (tertiary alicyclic amines) is 1. The molecule has 1 amide bonds. The van der Waals surface area contributed by atoms with Gasteiger partial charge in [-0.1, -0.05) is 0 Å². The van der Waals surface area contributed by atoms with E-state index in [1.54, 1.807) is 17.0 Å². The van der Waals surface area contributed by atoms with Crippen LogP contribution in [-0.2, 0) is 9.84 Å². The fourth-order valence-electron chi connectivity index (χ4n) is 3.27. The zero-order chi connectivity index (χ0) is 19.6. The second-order valence-corrected chi connectivity index (χ2v) is 9.16. The molecule has 3 rings (SSSR count). The molecule has 1 saturated heterocycles. The lowest BCUT2D eigenvalue weighted by molar-refractivity contribution is 0.0725. The Kier molecular flexibility index (Phi) is 5.51. The first-order valence-electron chi connectivity index (χ1n) is 8.85. The number of carbonyl (C=O) groups excluding carboxylic acids is 1. The van der Waals surface area contributed by atoms with Crippen LogP contribution in [0.1, 0.15) is 23.2 Å². The Morgan fingerprint density at radius 2 is 1.56 bits per heavy atom. The Morgan fingerprint density at radius 3 is 2.07 bits per heavy atom. The third-order valence-corrected chi connectivity index (χ3v) is 7.22. The molecule has 5 nitrogen and oxygen atoms in total. The van der Waals surface area contributed by atoms with Gasteiger partial charge in [0.25, 0.3) is 5.91 Å². The number of hydrogen-bond acceptors (Lipinski definition) is 4. The quantitative estimate of drug-likeness (QED) is 0.753. The maximum atomic E-state index is 13.0. The summed E-state index contributed by atoms with van der Waals surface area (Å²) < 4.78 is 38.5. The molecule has 2 aromatic rings. The minimum absolute atomic E-state index is 0.0852. The predicted molar refractivity (Wildman–Crippen MR) is 103 cm³/mol. The lowest BCUT2D eigenvalue weighted by Gasteiger charge is -2.32. The first-order valence-corrected chi connectivity index (χ1v) is 10.4. The number of rotatable bonds is 4. The summed E-state index contributed by atoms with van der Waals surface area (Å²) >= 11 is 0. The van der Waals surface area contributed by atoms with Crippen LogP contribution in [0, 0.1) is 5.82 Å². The van der Waals surface area contributed by atoms with E-state index in [4.69, 9.17) is 0 Å². The molecule has 1 fully saturated rings. The summed E-state index contributed by atoms with van der Waals surface area (Å²) in [5.74, 6) is -0.549. The van der Waals surface area contributed by atoms with Crippen molar-refractivity contribution in [3.63, 3.8) is 0 Å². The number of amides is 1. The van der Waals surface area contributed by atoms with Gasteiger partial charge in [0.1, 0.15) is 5.82 Å². The smallest absolute Gasteiger partial charge is 0.253 e. The first kappa shape index (κ1) is 19.4. The van der Waals surface area contributed by atoms with Gasteiger partial charge in [-0.3, -0.25) is 4.79 Å². The number of anilines is 1. The maximum Gasteiger partial charge on any atom is 0.253 e. The van der Waals surface area contributed by atoms with E-state index in [1.165, 1.54) is 12.1 Å². The molecule has 0 unspecified atom stereocenters. The molecule has 0 aromatic heterocycles. The van der Waals surface area contributed by atoms with E-state index in [2.05, 4.69) is 0 Å². The van der Waals surface area contributed by atoms with Crippen LogP contribution in [0.25, 0.3) is 0 Å². The normalized spacial score (nSPS) is 15.6. The molecule has 0 radical (unpaired) electrons. The Labute approximate surface area is 159 Å². The summed E-state index contributed by atoms with van der Waals surface area (Å²) in [5.41, 5.74) is 1.61. The molecule has 0 spiro atoms. The second-order valence-electron chi connectivity index (χ2n) is 6.93. The van der Waals surface area contributed by atoms with Gasteiger partial charge in [-0.25, -0.2) is 12.8 Å².